The second-order valence-electron chi connectivity index (χ2n) is 3.94. The molecule has 1 aromatic heterocycles. The van der Waals surface area contributed by atoms with Gasteiger partial charge in [-0.25, -0.2) is 4.79 Å². The Hall–Kier alpha value is -1.91. The van der Waals surface area contributed by atoms with Crippen molar-refractivity contribution in [3.05, 3.63) is 32.6 Å². The largest absolute Gasteiger partial charge is 0.394 e. The number of hydrogen-bond acceptors (Lipinski definition) is 4. The molecular weight excluding hydrogens is 243 g/mol. The smallest absolute Gasteiger partial charge is 0.362 e. The van der Waals surface area contributed by atoms with Crippen LogP contribution >= 0.6 is 0 Å². The minimum absolute atomic E-state index is 0.178. The van der Waals surface area contributed by atoms with Gasteiger partial charge in [0, 0.05) is 6.20 Å². The van der Waals surface area contributed by atoms with Crippen LogP contribution < -0.4 is 11.2 Å². The Labute approximate surface area is 101 Å². The molecule has 6 nitrogen and oxygen atoms in total. The molecular formula is C11H11FN2O4. The van der Waals surface area contributed by atoms with Crippen molar-refractivity contribution >= 4 is 0 Å². The third kappa shape index (κ3) is 1.96. The van der Waals surface area contributed by atoms with E-state index in [0.29, 0.717) is 12.8 Å². The summed E-state index contributed by atoms with van der Waals surface area (Å²) in [4.78, 5) is 22.3. The molecule has 0 spiro atoms. The summed E-state index contributed by atoms with van der Waals surface area (Å²) >= 11 is 0. The van der Waals surface area contributed by atoms with Gasteiger partial charge in [0.2, 0.25) is 0 Å². The first-order valence-electron chi connectivity index (χ1n) is 5.35. The van der Waals surface area contributed by atoms with E-state index in [-0.39, 0.29) is 12.2 Å². The van der Waals surface area contributed by atoms with Crippen molar-refractivity contribution in [1.82, 2.24) is 9.36 Å². The minimum Gasteiger partial charge on any atom is -0.394 e. The summed E-state index contributed by atoms with van der Waals surface area (Å²) in [6.07, 6.45) is 6.04. The maximum atomic E-state index is 13.3. The summed E-state index contributed by atoms with van der Waals surface area (Å²) in [6.45, 7) is -0.178. The molecule has 1 N–H and O–H groups in total. The van der Waals surface area contributed by atoms with Gasteiger partial charge in [-0.15, -0.1) is 6.42 Å². The molecule has 0 amide bonds. The van der Waals surface area contributed by atoms with E-state index in [0.717, 1.165) is 10.8 Å². The molecule has 0 bridgehead atoms. The van der Waals surface area contributed by atoms with Crippen molar-refractivity contribution in [2.45, 2.75) is 25.2 Å². The molecule has 7 heteroatoms. The third-order valence-corrected chi connectivity index (χ3v) is 2.82. The van der Waals surface area contributed by atoms with Gasteiger partial charge in [-0.2, -0.15) is 0 Å². The first-order valence-corrected chi connectivity index (χ1v) is 5.35. The molecule has 0 unspecified atom stereocenters. The van der Waals surface area contributed by atoms with Crippen LogP contribution in [0.5, 0.6) is 0 Å². The molecule has 0 saturated carbocycles. The van der Waals surface area contributed by atoms with Crippen molar-refractivity contribution < 1.29 is 14.3 Å². The van der Waals surface area contributed by atoms with Crippen LogP contribution in [0.1, 0.15) is 24.6 Å². The number of hydrogen-bond donors (Lipinski definition) is 1. The summed E-state index contributed by atoms with van der Waals surface area (Å²) in [5.41, 5.74) is -2.55. The normalized spacial score (nSPS) is 22.9. The lowest BCUT2D eigenvalue weighted by Gasteiger charge is -2.15. The first kappa shape index (κ1) is 12.5. The van der Waals surface area contributed by atoms with Crippen molar-refractivity contribution in [2.75, 3.05) is 6.61 Å². The molecule has 2 heterocycles. The highest BCUT2D eigenvalue weighted by Gasteiger charge is 2.28. The molecule has 1 aliphatic heterocycles. The van der Waals surface area contributed by atoms with Crippen molar-refractivity contribution in [3.8, 4) is 12.3 Å². The van der Waals surface area contributed by atoms with Gasteiger partial charge >= 0.3 is 11.2 Å². The zero-order valence-electron chi connectivity index (χ0n) is 9.38. The van der Waals surface area contributed by atoms with Crippen LogP contribution in [0.4, 0.5) is 4.48 Å². The number of nitrogens with zero attached hydrogens (tertiary/aromatic N) is 2. The Morgan fingerprint density at radius 1 is 1.56 bits per heavy atom. The van der Waals surface area contributed by atoms with Crippen LogP contribution in [0, 0.1) is 12.3 Å². The van der Waals surface area contributed by atoms with E-state index in [9.17, 15) is 14.1 Å². The SMILES string of the molecule is C#Cc1cn([C@@H]2CC[C@H](CO)O2)c(=O)n(F)c1=O. The lowest BCUT2D eigenvalue weighted by atomic mass is 10.2. The number of aliphatic hydroxyl groups excluding tert-OH is 1. The number of halogens is 1. The third-order valence-electron chi connectivity index (χ3n) is 2.82. The molecule has 0 aliphatic carbocycles. The standard InChI is InChI=1S/C11H11FN2O4/c1-2-7-5-13(11(17)14(12)10(7)16)9-4-3-8(6-15)18-9/h1,5,8-9,15H,3-4,6H2/t8-,9+/m1/s1. The van der Waals surface area contributed by atoms with E-state index in [4.69, 9.17) is 16.3 Å². The average molecular weight is 254 g/mol. The van der Waals surface area contributed by atoms with Gasteiger partial charge < -0.3 is 9.84 Å². The zero-order chi connectivity index (χ0) is 13.3. The fourth-order valence-electron chi connectivity index (χ4n) is 1.87. The lowest BCUT2D eigenvalue weighted by molar-refractivity contribution is -0.0263. The van der Waals surface area contributed by atoms with Gasteiger partial charge in [0.1, 0.15) is 11.8 Å². The predicted molar refractivity (Wildman–Crippen MR) is 59.6 cm³/mol. The average Bonchev–Trinajstić information content (AvgIpc) is 2.85. The van der Waals surface area contributed by atoms with Crippen LogP contribution in [-0.4, -0.2) is 27.2 Å². The fraction of sp³-hybridized carbons (Fsp3) is 0.455. The van der Waals surface area contributed by atoms with Gasteiger partial charge in [-0.05, 0) is 12.8 Å². The maximum Gasteiger partial charge on any atom is 0.362 e. The minimum atomic E-state index is -1.16. The first-order chi connectivity index (χ1) is 8.58. The second-order valence-corrected chi connectivity index (χ2v) is 3.94. The van der Waals surface area contributed by atoms with Crippen molar-refractivity contribution in [2.24, 2.45) is 0 Å². The van der Waals surface area contributed by atoms with Crippen LogP contribution in [0.25, 0.3) is 0 Å². The molecule has 1 fully saturated rings. The highest BCUT2D eigenvalue weighted by Crippen LogP contribution is 2.26. The molecule has 0 aromatic carbocycles. The topological polar surface area (TPSA) is 73.5 Å². The van der Waals surface area contributed by atoms with Gasteiger partial charge in [0.25, 0.3) is 0 Å². The highest BCUT2D eigenvalue weighted by molar-refractivity contribution is 5.26. The second kappa shape index (κ2) is 4.76. The Kier molecular flexibility index (Phi) is 3.32. The number of aromatic nitrogens is 2. The van der Waals surface area contributed by atoms with Crippen LogP contribution in [0.2, 0.25) is 0 Å². The lowest BCUT2D eigenvalue weighted by Crippen LogP contribution is -2.39. The van der Waals surface area contributed by atoms with E-state index in [2.05, 4.69) is 0 Å². The van der Waals surface area contributed by atoms with Gasteiger partial charge in [0.05, 0.1) is 12.7 Å². The number of ether oxygens (including phenoxy) is 1. The number of terminal acetylenes is 1. The van der Waals surface area contributed by atoms with E-state index in [1.807, 2.05) is 5.92 Å². The van der Waals surface area contributed by atoms with Gasteiger partial charge in [0.15, 0.2) is 0 Å². The van der Waals surface area contributed by atoms with E-state index < -0.39 is 28.4 Å². The molecule has 1 saturated heterocycles. The van der Waals surface area contributed by atoms with E-state index in [1.165, 1.54) is 0 Å². The molecule has 2 rings (SSSR count). The summed E-state index contributed by atoms with van der Waals surface area (Å²) in [7, 11) is 0. The number of aliphatic hydroxyl groups is 1. The Morgan fingerprint density at radius 3 is 2.83 bits per heavy atom. The quantitative estimate of drug-likeness (QED) is 0.715. The van der Waals surface area contributed by atoms with Crippen molar-refractivity contribution in [3.63, 3.8) is 0 Å². The zero-order valence-corrected chi connectivity index (χ0v) is 9.38. The van der Waals surface area contributed by atoms with Crippen LogP contribution in [0.15, 0.2) is 15.8 Å². The summed E-state index contributed by atoms with van der Waals surface area (Å²) in [5, 5.41) is 8.93. The Bertz CT molecular complexity index is 613. The Morgan fingerprint density at radius 2 is 2.28 bits per heavy atom. The molecule has 2 atom stereocenters. The predicted octanol–water partition coefficient (Wildman–Crippen LogP) is -0.606. The summed E-state index contributed by atoms with van der Waals surface area (Å²) in [6, 6.07) is 0. The van der Waals surface area contributed by atoms with Gasteiger partial charge in [-0.1, -0.05) is 15.2 Å². The van der Waals surface area contributed by atoms with E-state index in [1.54, 1.807) is 0 Å². The summed E-state index contributed by atoms with van der Waals surface area (Å²) < 4.78 is 19.6. The molecule has 0 radical (unpaired) electrons. The Balaban J connectivity index is 2.47. The molecule has 1 aromatic rings. The molecule has 96 valence electrons. The van der Waals surface area contributed by atoms with Crippen molar-refractivity contribution in [1.29, 1.82) is 0 Å². The maximum absolute atomic E-state index is 13.3. The van der Waals surface area contributed by atoms with Crippen LogP contribution in [-0.2, 0) is 4.74 Å². The van der Waals surface area contributed by atoms with Crippen LogP contribution in [0.3, 0.4) is 0 Å². The fourth-order valence-corrected chi connectivity index (χ4v) is 1.87. The highest BCUT2D eigenvalue weighted by atomic mass is 19.2. The molecule has 18 heavy (non-hydrogen) atoms. The molecule has 1 aliphatic rings. The van der Waals surface area contributed by atoms with Gasteiger partial charge in [-0.3, -0.25) is 9.36 Å². The number of rotatable bonds is 2. The van der Waals surface area contributed by atoms with E-state index >= 15 is 0 Å². The monoisotopic (exact) mass is 254 g/mol. The summed E-state index contributed by atoms with van der Waals surface area (Å²) in [5.74, 6) is 2.01.